The van der Waals surface area contributed by atoms with Gasteiger partial charge in [0, 0.05) is 10.6 Å². The van der Waals surface area contributed by atoms with Crippen LogP contribution in [0.4, 0.5) is 13.2 Å². The van der Waals surface area contributed by atoms with E-state index in [4.69, 9.17) is 39.5 Å². The first-order valence-electron chi connectivity index (χ1n) is 15.7. The Morgan fingerprint density at radius 1 is 0.652 bits per heavy atom. The summed E-state index contributed by atoms with van der Waals surface area (Å²) in [6, 6.07) is 11.1. The van der Waals surface area contributed by atoms with Crippen LogP contribution in [-0.4, -0.2) is 61.1 Å². The summed E-state index contributed by atoms with van der Waals surface area (Å²) in [6.07, 6.45) is -2.94. The Morgan fingerprint density at radius 2 is 1.15 bits per heavy atom. The van der Waals surface area contributed by atoms with Crippen LogP contribution in [-0.2, 0) is 27.9 Å². The molecule has 0 radical (unpaired) electrons. The van der Waals surface area contributed by atoms with Gasteiger partial charge < -0.3 is 32.7 Å². The minimum atomic E-state index is -4.89. The predicted molar refractivity (Wildman–Crippen MR) is 174 cm³/mol. The van der Waals surface area contributed by atoms with Gasteiger partial charge in [0.1, 0.15) is 5.75 Å². The molecule has 0 bridgehead atoms. The Bertz CT molecular complexity index is 1420. The monoisotopic (exact) mass is 664 g/mol. The Kier molecular flexibility index (Phi) is 9.06. The van der Waals surface area contributed by atoms with Crippen molar-refractivity contribution in [1.29, 1.82) is 0 Å². The molecular formula is C32H43B3ClF3O7. The van der Waals surface area contributed by atoms with Crippen LogP contribution < -0.4 is 10.2 Å². The molecule has 2 atom stereocenters. The van der Waals surface area contributed by atoms with E-state index < -0.39 is 61.1 Å². The van der Waals surface area contributed by atoms with E-state index in [0.29, 0.717) is 35.3 Å². The van der Waals surface area contributed by atoms with Gasteiger partial charge in [-0.3, -0.25) is 0 Å². The largest absolute Gasteiger partial charge is 0.573 e. The zero-order valence-corrected chi connectivity index (χ0v) is 29.0. The van der Waals surface area contributed by atoms with E-state index >= 15 is 0 Å². The summed E-state index contributed by atoms with van der Waals surface area (Å²) in [6.45, 7) is 19.8. The molecule has 7 nitrogen and oxygen atoms in total. The van der Waals surface area contributed by atoms with Gasteiger partial charge in [0.05, 0.1) is 33.6 Å². The molecule has 2 unspecified atom stereocenters. The predicted octanol–water partition coefficient (Wildman–Crippen LogP) is 7.60. The molecule has 0 amide bonds. The molecule has 250 valence electrons. The van der Waals surface area contributed by atoms with Crippen molar-refractivity contribution in [2.75, 3.05) is 0 Å². The van der Waals surface area contributed by atoms with E-state index in [1.54, 1.807) is 36.4 Å². The number of rotatable bonds is 8. The number of alkyl halides is 3. The van der Waals surface area contributed by atoms with Gasteiger partial charge in [-0.1, -0.05) is 35.9 Å². The van der Waals surface area contributed by atoms with Crippen molar-refractivity contribution in [1.82, 2.24) is 0 Å². The molecule has 2 aromatic carbocycles. The highest BCUT2D eigenvalue weighted by atomic mass is 35.5. The number of hydrogen-bond donors (Lipinski definition) is 0. The molecule has 3 aliphatic heterocycles. The van der Waals surface area contributed by atoms with Gasteiger partial charge in [0.25, 0.3) is 0 Å². The van der Waals surface area contributed by atoms with Gasteiger partial charge >= 0.3 is 27.5 Å². The minimum Gasteiger partial charge on any atom is -0.405 e. The summed E-state index contributed by atoms with van der Waals surface area (Å²) in [7, 11) is -2.25. The van der Waals surface area contributed by atoms with E-state index in [0.717, 1.165) is 0 Å². The maximum atomic E-state index is 13.5. The van der Waals surface area contributed by atoms with Crippen molar-refractivity contribution in [3.05, 3.63) is 47.5 Å². The molecule has 0 saturated carbocycles. The van der Waals surface area contributed by atoms with E-state index in [9.17, 15) is 13.2 Å². The summed E-state index contributed by atoms with van der Waals surface area (Å²) in [4.78, 5) is 0. The van der Waals surface area contributed by atoms with Crippen molar-refractivity contribution < 1.29 is 45.8 Å². The van der Waals surface area contributed by atoms with E-state index in [1.165, 1.54) is 6.07 Å². The number of benzene rings is 2. The molecular weight excluding hydrogens is 621 g/mol. The van der Waals surface area contributed by atoms with Crippen LogP contribution in [0, 0.1) is 0 Å². The molecule has 0 spiro atoms. The summed E-state index contributed by atoms with van der Waals surface area (Å²) >= 11 is 5.99. The molecule has 3 saturated heterocycles. The van der Waals surface area contributed by atoms with Gasteiger partial charge in [0.2, 0.25) is 0 Å². The van der Waals surface area contributed by atoms with E-state index in [2.05, 4.69) is 4.74 Å². The highest BCUT2D eigenvalue weighted by Crippen LogP contribution is 2.47. The normalized spacial score (nSPS) is 28.3. The number of hydrogen-bond acceptors (Lipinski definition) is 7. The van der Waals surface area contributed by atoms with Gasteiger partial charge in [-0.25, -0.2) is 0 Å². The third kappa shape index (κ3) is 6.75. The van der Waals surface area contributed by atoms with Crippen LogP contribution in [0.15, 0.2) is 42.5 Å². The Labute approximate surface area is 276 Å². The molecule has 2 aromatic rings. The van der Waals surface area contributed by atoms with Crippen molar-refractivity contribution in [3.8, 4) is 16.9 Å². The van der Waals surface area contributed by atoms with Crippen LogP contribution in [0.5, 0.6) is 5.75 Å². The van der Waals surface area contributed by atoms with Crippen LogP contribution >= 0.6 is 11.6 Å². The smallest absolute Gasteiger partial charge is 0.405 e. The number of ether oxygens (including phenoxy) is 1. The lowest BCUT2D eigenvalue weighted by molar-refractivity contribution is -0.274. The lowest BCUT2D eigenvalue weighted by Gasteiger charge is -2.40. The first kappa shape index (κ1) is 35.6. The quantitative estimate of drug-likeness (QED) is 0.270. The molecule has 0 N–H and O–H groups in total. The maximum absolute atomic E-state index is 13.5. The van der Waals surface area contributed by atoms with E-state index in [1.807, 2.05) is 69.2 Å². The Morgan fingerprint density at radius 3 is 1.72 bits per heavy atom. The van der Waals surface area contributed by atoms with Crippen LogP contribution in [0.25, 0.3) is 11.1 Å². The summed E-state index contributed by atoms with van der Waals surface area (Å²) in [5.74, 6) is -0.351. The molecule has 14 heteroatoms. The topological polar surface area (TPSA) is 64.6 Å². The van der Waals surface area contributed by atoms with Gasteiger partial charge in [-0.2, -0.15) is 0 Å². The van der Waals surface area contributed by atoms with Crippen LogP contribution in [0.1, 0.15) is 88.5 Å². The average molecular weight is 665 g/mol. The highest BCUT2D eigenvalue weighted by Gasteiger charge is 2.65. The third-order valence-corrected chi connectivity index (χ3v) is 10.8. The molecule has 3 aliphatic rings. The molecule has 46 heavy (non-hydrogen) atoms. The molecule has 5 rings (SSSR count). The molecule has 3 fully saturated rings. The number of halogens is 4. The third-order valence-electron chi connectivity index (χ3n) is 10.6. The first-order valence-corrected chi connectivity index (χ1v) is 16.1. The lowest BCUT2D eigenvalue weighted by atomic mass is 9.49. The zero-order valence-electron chi connectivity index (χ0n) is 28.3. The fourth-order valence-corrected chi connectivity index (χ4v) is 6.25. The minimum absolute atomic E-state index is 0.270. The Balaban J connectivity index is 1.29. The van der Waals surface area contributed by atoms with Gasteiger partial charge in [-0.05, 0) is 118 Å². The van der Waals surface area contributed by atoms with Crippen molar-refractivity contribution in [2.24, 2.45) is 0 Å². The van der Waals surface area contributed by atoms with Crippen LogP contribution in [0.2, 0.25) is 5.02 Å². The van der Waals surface area contributed by atoms with Crippen LogP contribution in [0.3, 0.4) is 0 Å². The second-order valence-electron chi connectivity index (χ2n) is 14.9. The summed E-state index contributed by atoms with van der Waals surface area (Å²) in [5.41, 5.74) is -2.61. The fraction of sp³-hybridized carbons (Fsp3) is 0.625. The molecule has 3 heterocycles. The summed E-state index contributed by atoms with van der Waals surface area (Å²) < 4.78 is 83.0. The first-order chi connectivity index (χ1) is 21.0. The Hall–Kier alpha value is -1.73. The highest BCUT2D eigenvalue weighted by molar-refractivity contribution is 7.11. The molecule has 0 aromatic heterocycles. The second kappa shape index (κ2) is 11.7. The van der Waals surface area contributed by atoms with Gasteiger partial charge in [0.15, 0.2) is 0 Å². The van der Waals surface area contributed by atoms with Crippen molar-refractivity contribution in [3.63, 3.8) is 0 Å². The fourth-order valence-electron chi connectivity index (χ4n) is 6.12. The molecule has 0 aliphatic carbocycles. The standard InChI is InChI=1S/C32H43B3ClF3O7/c1-26(2)27(3,4)43-34(42-26)35-44-29(7,8)31(10,46-35)19-11-18-30(9)28(5,6)41-33(45-30)22-14-17-24(21-12-15-23(36)16-13-21)25(20-22)40-32(37,38)39/h12-17,20H,11,18-19H2,1-10H3. The average Bonchev–Trinajstić information content (AvgIpc) is 3.39. The van der Waals surface area contributed by atoms with Gasteiger partial charge in [-0.15, -0.1) is 13.2 Å². The van der Waals surface area contributed by atoms with Crippen molar-refractivity contribution >= 4 is 38.2 Å². The second-order valence-corrected chi connectivity index (χ2v) is 15.4. The SMILES string of the molecule is CC1(C)OB(B2OC(C)(C)C(C)(CCCC3(C)OB(c4ccc(-c5ccc(Cl)cc5)c(OC(F)(F)F)c4)OC3(C)C)O2)OC1(C)C. The lowest BCUT2D eigenvalue weighted by Crippen LogP contribution is -2.47. The van der Waals surface area contributed by atoms with Crippen molar-refractivity contribution in [2.45, 2.75) is 128 Å². The van der Waals surface area contributed by atoms with E-state index in [-0.39, 0.29) is 11.3 Å². The zero-order chi connectivity index (χ0) is 34.1. The maximum Gasteiger partial charge on any atom is 0.573 e. The summed E-state index contributed by atoms with van der Waals surface area (Å²) in [5, 5.41) is 0.474.